The molecule has 4 aromatic heterocycles. The summed E-state index contributed by atoms with van der Waals surface area (Å²) in [4.78, 5) is 19.9. The van der Waals surface area contributed by atoms with Crippen LogP contribution in [0.2, 0.25) is 0 Å². The molecule has 1 aliphatic rings. The Kier molecular flexibility index (Phi) is 5.16. The summed E-state index contributed by atoms with van der Waals surface area (Å²) in [6.45, 7) is 4.67. The number of aromatic nitrogens is 4. The van der Waals surface area contributed by atoms with E-state index in [-0.39, 0.29) is 0 Å². The standard InChI is InChI=1S/C25H24N6OS/c1-32-20-7-5-18(6-8-20)21-16-33-25-23(21)24(26-17-27-25)30-12-10-29(11-13-30)14-19-15-31-9-3-2-4-22(31)28-19/h2-9,15-17H,10-14H2,1H3. The molecule has 1 aliphatic heterocycles. The van der Waals surface area contributed by atoms with E-state index in [1.54, 1.807) is 24.8 Å². The van der Waals surface area contributed by atoms with Crippen LogP contribution in [-0.2, 0) is 6.54 Å². The number of nitrogens with zero attached hydrogens (tertiary/aromatic N) is 6. The van der Waals surface area contributed by atoms with Gasteiger partial charge >= 0.3 is 0 Å². The van der Waals surface area contributed by atoms with Crippen molar-refractivity contribution in [3.63, 3.8) is 0 Å². The van der Waals surface area contributed by atoms with Crippen molar-refractivity contribution in [2.45, 2.75) is 6.54 Å². The molecule has 0 saturated carbocycles. The minimum atomic E-state index is 0.858. The summed E-state index contributed by atoms with van der Waals surface area (Å²) in [7, 11) is 1.69. The van der Waals surface area contributed by atoms with Crippen molar-refractivity contribution in [3.05, 3.63) is 72.3 Å². The van der Waals surface area contributed by atoms with Gasteiger partial charge in [0.15, 0.2) is 0 Å². The van der Waals surface area contributed by atoms with Gasteiger partial charge in [0.2, 0.25) is 0 Å². The molecule has 0 radical (unpaired) electrons. The smallest absolute Gasteiger partial charge is 0.141 e. The monoisotopic (exact) mass is 456 g/mol. The van der Waals surface area contributed by atoms with E-state index in [2.05, 4.69) is 42.9 Å². The zero-order valence-corrected chi connectivity index (χ0v) is 19.2. The van der Waals surface area contributed by atoms with E-state index in [1.165, 1.54) is 5.56 Å². The predicted molar refractivity (Wildman–Crippen MR) is 132 cm³/mol. The number of ether oxygens (including phenoxy) is 1. The summed E-state index contributed by atoms with van der Waals surface area (Å²) in [5.74, 6) is 1.89. The third-order valence-electron chi connectivity index (χ3n) is 6.22. The summed E-state index contributed by atoms with van der Waals surface area (Å²) in [5, 5.41) is 3.33. The van der Waals surface area contributed by atoms with Gasteiger partial charge in [-0.15, -0.1) is 11.3 Å². The number of imidazole rings is 1. The predicted octanol–water partition coefficient (Wildman–Crippen LogP) is 4.34. The van der Waals surface area contributed by atoms with E-state index in [0.29, 0.717) is 0 Å². The highest BCUT2D eigenvalue weighted by Gasteiger charge is 2.23. The Bertz CT molecular complexity index is 1370. The molecule has 8 heteroatoms. The minimum absolute atomic E-state index is 0.858. The highest BCUT2D eigenvalue weighted by Crippen LogP contribution is 2.38. The number of rotatable bonds is 5. The lowest BCUT2D eigenvalue weighted by molar-refractivity contribution is 0.247. The Hall–Kier alpha value is -3.49. The number of fused-ring (bicyclic) bond motifs is 2. The first-order valence-corrected chi connectivity index (χ1v) is 11.9. The molecule has 0 atom stereocenters. The second kappa shape index (κ2) is 8.46. The number of benzene rings is 1. The van der Waals surface area contributed by atoms with E-state index in [0.717, 1.165) is 71.4 Å². The first-order valence-electron chi connectivity index (χ1n) is 11.0. The van der Waals surface area contributed by atoms with Gasteiger partial charge in [0.25, 0.3) is 0 Å². The van der Waals surface area contributed by atoms with Gasteiger partial charge in [-0.05, 0) is 29.8 Å². The summed E-state index contributed by atoms with van der Waals surface area (Å²) in [6, 6.07) is 14.3. The first-order chi connectivity index (χ1) is 16.3. The number of pyridine rings is 1. The Morgan fingerprint density at radius 1 is 1.00 bits per heavy atom. The van der Waals surface area contributed by atoms with Gasteiger partial charge in [-0.3, -0.25) is 4.90 Å². The Morgan fingerprint density at radius 2 is 1.85 bits per heavy atom. The average molecular weight is 457 g/mol. The maximum atomic E-state index is 5.32. The molecule has 6 rings (SSSR count). The molecule has 1 fully saturated rings. The average Bonchev–Trinajstić information content (AvgIpc) is 3.48. The highest BCUT2D eigenvalue weighted by molar-refractivity contribution is 7.17. The van der Waals surface area contributed by atoms with Crippen LogP contribution in [0.25, 0.3) is 27.0 Å². The number of hydrogen-bond acceptors (Lipinski definition) is 7. The van der Waals surface area contributed by atoms with Gasteiger partial charge in [-0.2, -0.15) is 0 Å². The molecule has 0 aliphatic carbocycles. The first kappa shape index (κ1) is 20.1. The highest BCUT2D eigenvalue weighted by atomic mass is 32.1. The molecule has 5 heterocycles. The lowest BCUT2D eigenvalue weighted by atomic mass is 10.1. The third kappa shape index (κ3) is 3.81. The fourth-order valence-electron chi connectivity index (χ4n) is 4.49. The molecule has 5 aromatic rings. The van der Waals surface area contributed by atoms with Crippen molar-refractivity contribution in [2.75, 3.05) is 38.2 Å². The second-order valence-corrected chi connectivity index (χ2v) is 9.07. The Labute approximate surface area is 195 Å². The van der Waals surface area contributed by atoms with E-state index in [9.17, 15) is 0 Å². The van der Waals surface area contributed by atoms with Crippen LogP contribution >= 0.6 is 11.3 Å². The molecule has 0 amide bonds. The van der Waals surface area contributed by atoms with Crippen molar-refractivity contribution in [1.29, 1.82) is 0 Å². The van der Waals surface area contributed by atoms with Gasteiger partial charge < -0.3 is 14.0 Å². The Morgan fingerprint density at radius 3 is 2.64 bits per heavy atom. The second-order valence-electron chi connectivity index (χ2n) is 8.22. The van der Waals surface area contributed by atoms with Crippen molar-refractivity contribution in [3.8, 4) is 16.9 Å². The molecular formula is C25H24N6OS. The molecule has 0 unspecified atom stereocenters. The zero-order chi connectivity index (χ0) is 22.2. The van der Waals surface area contributed by atoms with Gasteiger partial charge in [0.05, 0.1) is 18.2 Å². The molecular weight excluding hydrogens is 432 g/mol. The van der Waals surface area contributed by atoms with Crippen LogP contribution in [0.5, 0.6) is 5.75 Å². The van der Waals surface area contributed by atoms with Crippen LogP contribution in [-0.4, -0.2) is 57.5 Å². The molecule has 0 bridgehead atoms. The van der Waals surface area contributed by atoms with Crippen LogP contribution in [0.1, 0.15) is 5.69 Å². The number of hydrogen-bond donors (Lipinski definition) is 0. The molecule has 0 spiro atoms. The molecule has 0 N–H and O–H groups in total. The summed E-state index contributed by atoms with van der Waals surface area (Å²) >= 11 is 1.67. The van der Waals surface area contributed by atoms with Crippen molar-refractivity contribution < 1.29 is 4.74 Å². The van der Waals surface area contributed by atoms with Crippen molar-refractivity contribution in [1.82, 2.24) is 24.3 Å². The minimum Gasteiger partial charge on any atom is -0.497 e. The van der Waals surface area contributed by atoms with Gasteiger partial charge in [0.1, 0.15) is 28.4 Å². The lowest BCUT2D eigenvalue weighted by Gasteiger charge is -2.35. The van der Waals surface area contributed by atoms with E-state index >= 15 is 0 Å². The fraction of sp³-hybridized carbons (Fsp3) is 0.240. The van der Waals surface area contributed by atoms with E-state index < -0.39 is 0 Å². The molecule has 1 saturated heterocycles. The third-order valence-corrected chi connectivity index (χ3v) is 7.11. The Balaban J connectivity index is 1.22. The number of methoxy groups -OCH3 is 1. The summed E-state index contributed by atoms with van der Waals surface area (Å²) in [5.41, 5.74) is 4.45. The number of thiophene rings is 1. The maximum Gasteiger partial charge on any atom is 0.141 e. The fourth-order valence-corrected chi connectivity index (χ4v) is 5.40. The van der Waals surface area contributed by atoms with Crippen molar-refractivity contribution in [2.24, 2.45) is 0 Å². The summed E-state index contributed by atoms with van der Waals surface area (Å²) in [6.07, 6.45) is 5.86. The van der Waals surface area contributed by atoms with Gasteiger partial charge in [0, 0.05) is 56.1 Å². The SMILES string of the molecule is COc1ccc(-c2csc3ncnc(N4CCN(Cc5cn6ccccc6n5)CC4)c23)cc1. The van der Waals surface area contributed by atoms with E-state index in [1.807, 2.05) is 36.5 Å². The molecule has 7 nitrogen and oxygen atoms in total. The number of piperazine rings is 1. The topological polar surface area (TPSA) is 58.8 Å². The maximum absolute atomic E-state index is 5.32. The van der Waals surface area contributed by atoms with Crippen LogP contribution in [0, 0.1) is 0 Å². The van der Waals surface area contributed by atoms with E-state index in [4.69, 9.17) is 14.7 Å². The van der Waals surface area contributed by atoms with Crippen LogP contribution < -0.4 is 9.64 Å². The lowest BCUT2D eigenvalue weighted by Crippen LogP contribution is -2.46. The normalized spacial score (nSPS) is 14.9. The molecule has 33 heavy (non-hydrogen) atoms. The summed E-state index contributed by atoms with van der Waals surface area (Å²) < 4.78 is 7.41. The van der Waals surface area contributed by atoms with Crippen LogP contribution in [0.3, 0.4) is 0 Å². The van der Waals surface area contributed by atoms with Crippen LogP contribution in [0.4, 0.5) is 5.82 Å². The van der Waals surface area contributed by atoms with Crippen LogP contribution in [0.15, 0.2) is 66.6 Å². The quantitative estimate of drug-likeness (QED) is 0.392. The van der Waals surface area contributed by atoms with Gasteiger partial charge in [-0.1, -0.05) is 18.2 Å². The van der Waals surface area contributed by atoms with Crippen molar-refractivity contribution >= 4 is 33.0 Å². The molecule has 1 aromatic carbocycles. The largest absolute Gasteiger partial charge is 0.497 e. The number of anilines is 1. The van der Waals surface area contributed by atoms with Gasteiger partial charge in [-0.25, -0.2) is 15.0 Å². The zero-order valence-electron chi connectivity index (χ0n) is 18.4. The molecule has 166 valence electrons.